The lowest BCUT2D eigenvalue weighted by Gasteiger charge is -2.27. The molecule has 2 rings (SSSR count). The Balaban J connectivity index is 2.40. The van der Waals surface area contributed by atoms with E-state index >= 15 is 0 Å². The molecule has 0 spiro atoms. The molecular formula is C16H25NO2. The number of nitrogens with zero attached hydrogens (tertiary/aromatic N) is 1. The van der Waals surface area contributed by atoms with Crippen molar-refractivity contribution >= 4 is 0 Å². The Morgan fingerprint density at radius 1 is 1.11 bits per heavy atom. The molecule has 1 saturated carbocycles. The van der Waals surface area contributed by atoms with E-state index < -0.39 is 0 Å². The maximum atomic E-state index is 6.07. The van der Waals surface area contributed by atoms with Gasteiger partial charge in [0.15, 0.2) is 5.75 Å². The smallest absolute Gasteiger partial charge is 0.257 e. The molecule has 0 aliphatic heterocycles. The fourth-order valence-corrected chi connectivity index (χ4v) is 1.85. The summed E-state index contributed by atoms with van der Waals surface area (Å²) in [6.07, 6.45) is 4.41. The second-order valence-electron chi connectivity index (χ2n) is 7.27. The highest BCUT2D eigenvalue weighted by molar-refractivity contribution is 5.45. The van der Waals surface area contributed by atoms with Gasteiger partial charge < -0.3 is 9.47 Å². The molecule has 1 aromatic heterocycles. The van der Waals surface area contributed by atoms with Gasteiger partial charge in [0.1, 0.15) is 5.60 Å². The highest BCUT2D eigenvalue weighted by Crippen LogP contribution is 2.41. The zero-order valence-electron chi connectivity index (χ0n) is 12.9. The van der Waals surface area contributed by atoms with Crippen LogP contribution in [0.5, 0.6) is 11.6 Å². The van der Waals surface area contributed by atoms with E-state index in [-0.39, 0.29) is 11.0 Å². The second kappa shape index (κ2) is 4.69. The number of aromatic nitrogens is 1. The van der Waals surface area contributed by atoms with Crippen LogP contribution in [-0.4, -0.2) is 16.7 Å². The lowest BCUT2D eigenvalue weighted by molar-refractivity contribution is 0.114. The van der Waals surface area contributed by atoms with Crippen molar-refractivity contribution < 1.29 is 9.47 Å². The van der Waals surface area contributed by atoms with Crippen LogP contribution in [0.3, 0.4) is 0 Å². The maximum Gasteiger partial charge on any atom is 0.257 e. The summed E-state index contributed by atoms with van der Waals surface area (Å²) in [5.41, 5.74) is 0.905. The van der Waals surface area contributed by atoms with E-state index in [2.05, 4.69) is 25.8 Å². The average Bonchev–Trinajstić information content (AvgIpc) is 3.00. The highest BCUT2D eigenvalue weighted by atomic mass is 16.5. The summed E-state index contributed by atoms with van der Waals surface area (Å²) in [5.74, 6) is 1.44. The van der Waals surface area contributed by atoms with Gasteiger partial charge in [-0.25, -0.2) is 4.98 Å². The van der Waals surface area contributed by atoms with Crippen LogP contribution in [0.15, 0.2) is 12.3 Å². The van der Waals surface area contributed by atoms with Crippen molar-refractivity contribution in [3.05, 3.63) is 17.8 Å². The van der Waals surface area contributed by atoms with Crippen molar-refractivity contribution in [2.24, 2.45) is 0 Å². The topological polar surface area (TPSA) is 31.4 Å². The monoisotopic (exact) mass is 263 g/mol. The standard InChI is InChI=1S/C16H25NO2/c1-15(2,3)12-9-10-17-14(19-16(4,5)6)13(12)18-11-7-8-11/h9-11H,7-8H2,1-6H3. The van der Waals surface area contributed by atoms with Crippen LogP contribution in [0.25, 0.3) is 0 Å². The average molecular weight is 263 g/mol. The largest absolute Gasteiger partial charge is 0.484 e. The molecular weight excluding hydrogens is 238 g/mol. The normalized spacial score (nSPS) is 16.3. The fourth-order valence-electron chi connectivity index (χ4n) is 1.85. The summed E-state index contributed by atoms with van der Waals surface area (Å²) in [5, 5.41) is 0. The zero-order valence-corrected chi connectivity index (χ0v) is 12.9. The van der Waals surface area contributed by atoms with Crippen molar-refractivity contribution in [3.63, 3.8) is 0 Å². The number of hydrogen-bond acceptors (Lipinski definition) is 3. The molecule has 0 bridgehead atoms. The van der Waals surface area contributed by atoms with Gasteiger partial charge in [-0.15, -0.1) is 0 Å². The lowest BCUT2D eigenvalue weighted by Crippen LogP contribution is -2.25. The molecule has 0 atom stereocenters. The molecule has 1 aliphatic carbocycles. The predicted octanol–water partition coefficient (Wildman–Crippen LogP) is 4.10. The third kappa shape index (κ3) is 3.85. The lowest BCUT2D eigenvalue weighted by atomic mass is 9.87. The van der Waals surface area contributed by atoms with Gasteiger partial charge in [-0.2, -0.15) is 0 Å². The Kier molecular flexibility index (Phi) is 3.50. The first-order chi connectivity index (χ1) is 8.67. The SMILES string of the molecule is CC(C)(C)Oc1nccc(C(C)(C)C)c1OC1CC1. The van der Waals surface area contributed by atoms with Crippen LogP contribution in [0, 0.1) is 0 Å². The molecule has 0 amide bonds. The first kappa shape index (κ1) is 14.2. The summed E-state index contributed by atoms with van der Waals surface area (Å²) in [6.45, 7) is 12.6. The van der Waals surface area contributed by atoms with E-state index in [0.29, 0.717) is 12.0 Å². The number of hydrogen-bond donors (Lipinski definition) is 0. The Labute approximate surface area is 116 Å². The molecule has 0 unspecified atom stereocenters. The fraction of sp³-hybridized carbons (Fsp3) is 0.688. The first-order valence-electron chi connectivity index (χ1n) is 7.02. The van der Waals surface area contributed by atoms with Gasteiger partial charge >= 0.3 is 0 Å². The van der Waals surface area contributed by atoms with Crippen molar-refractivity contribution in [3.8, 4) is 11.6 Å². The quantitative estimate of drug-likeness (QED) is 0.822. The van der Waals surface area contributed by atoms with Gasteiger partial charge in [0.2, 0.25) is 0 Å². The van der Waals surface area contributed by atoms with Crippen LogP contribution in [0.4, 0.5) is 0 Å². The van der Waals surface area contributed by atoms with Crippen LogP contribution in [0.2, 0.25) is 0 Å². The van der Waals surface area contributed by atoms with E-state index in [1.54, 1.807) is 6.20 Å². The highest BCUT2D eigenvalue weighted by Gasteiger charge is 2.31. The molecule has 19 heavy (non-hydrogen) atoms. The van der Waals surface area contributed by atoms with Gasteiger partial charge in [-0.3, -0.25) is 0 Å². The van der Waals surface area contributed by atoms with Gasteiger partial charge in [0, 0.05) is 11.8 Å². The molecule has 0 radical (unpaired) electrons. The predicted molar refractivity (Wildman–Crippen MR) is 77.0 cm³/mol. The third-order valence-corrected chi connectivity index (χ3v) is 2.89. The Hall–Kier alpha value is -1.25. The Morgan fingerprint density at radius 3 is 2.21 bits per heavy atom. The van der Waals surface area contributed by atoms with Crippen LogP contribution in [-0.2, 0) is 5.41 Å². The summed E-state index contributed by atoms with van der Waals surface area (Å²) in [7, 11) is 0. The Bertz CT molecular complexity index is 451. The van der Waals surface area contributed by atoms with Crippen molar-refractivity contribution in [1.29, 1.82) is 0 Å². The summed E-state index contributed by atoms with van der Waals surface area (Å²) in [4.78, 5) is 4.37. The maximum absolute atomic E-state index is 6.07. The minimum Gasteiger partial charge on any atom is -0.484 e. The van der Waals surface area contributed by atoms with E-state index in [1.807, 2.05) is 26.8 Å². The molecule has 1 fully saturated rings. The number of rotatable bonds is 3. The van der Waals surface area contributed by atoms with E-state index in [0.717, 1.165) is 24.2 Å². The third-order valence-electron chi connectivity index (χ3n) is 2.89. The van der Waals surface area contributed by atoms with Crippen LogP contribution in [0.1, 0.15) is 59.9 Å². The Morgan fingerprint density at radius 2 is 1.74 bits per heavy atom. The van der Waals surface area contributed by atoms with Crippen LogP contribution < -0.4 is 9.47 Å². The number of pyridine rings is 1. The first-order valence-corrected chi connectivity index (χ1v) is 7.02. The van der Waals surface area contributed by atoms with Crippen molar-refractivity contribution in [1.82, 2.24) is 4.98 Å². The molecule has 1 aromatic rings. The van der Waals surface area contributed by atoms with Crippen molar-refractivity contribution in [2.45, 2.75) is 71.5 Å². The molecule has 1 aliphatic rings. The zero-order chi connectivity index (χ0) is 14.3. The van der Waals surface area contributed by atoms with Gasteiger partial charge in [0.25, 0.3) is 5.88 Å². The minimum atomic E-state index is -0.273. The van der Waals surface area contributed by atoms with Crippen molar-refractivity contribution in [2.75, 3.05) is 0 Å². The molecule has 1 heterocycles. The molecule has 3 nitrogen and oxygen atoms in total. The minimum absolute atomic E-state index is 0.0170. The molecule has 0 N–H and O–H groups in total. The van der Waals surface area contributed by atoms with Crippen LogP contribution >= 0.6 is 0 Å². The van der Waals surface area contributed by atoms with Gasteiger partial charge in [0.05, 0.1) is 6.10 Å². The van der Waals surface area contributed by atoms with E-state index in [4.69, 9.17) is 9.47 Å². The summed E-state index contributed by atoms with van der Waals surface area (Å²) in [6, 6.07) is 2.03. The molecule has 0 saturated heterocycles. The number of ether oxygens (including phenoxy) is 2. The van der Waals surface area contributed by atoms with E-state index in [9.17, 15) is 0 Å². The molecule has 3 heteroatoms. The van der Waals surface area contributed by atoms with Gasteiger partial charge in [-0.05, 0) is 45.1 Å². The summed E-state index contributed by atoms with van der Waals surface area (Å²) < 4.78 is 12.0. The van der Waals surface area contributed by atoms with E-state index in [1.165, 1.54) is 0 Å². The second-order valence-corrected chi connectivity index (χ2v) is 7.27. The summed E-state index contributed by atoms with van der Waals surface area (Å²) >= 11 is 0. The molecule has 106 valence electrons. The van der Waals surface area contributed by atoms with Gasteiger partial charge in [-0.1, -0.05) is 20.8 Å². The molecule has 0 aromatic carbocycles.